The number of fused-ring (bicyclic) bond motifs is 1. The summed E-state index contributed by atoms with van der Waals surface area (Å²) in [5, 5.41) is 3.15. The van der Waals surface area contributed by atoms with Gasteiger partial charge < -0.3 is 10.1 Å². The molecule has 1 fully saturated rings. The first kappa shape index (κ1) is 28.5. The molecule has 1 heterocycles. The van der Waals surface area contributed by atoms with Crippen molar-refractivity contribution >= 4 is 11.7 Å². The van der Waals surface area contributed by atoms with Crippen molar-refractivity contribution in [2.75, 3.05) is 18.0 Å². The van der Waals surface area contributed by atoms with Crippen LogP contribution < -0.4 is 15.0 Å². The van der Waals surface area contributed by atoms with Crippen molar-refractivity contribution in [1.82, 2.24) is 5.32 Å². The zero-order valence-electron chi connectivity index (χ0n) is 24.1. The topological polar surface area (TPSA) is 41.6 Å². The normalized spacial score (nSPS) is 21.0. The van der Waals surface area contributed by atoms with E-state index in [-0.39, 0.29) is 12.1 Å². The van der Waals surface area contributed by atoms with Crippen molar-refractivity contribution in [3.63, 3.8) is 0 Å². The summed E-state index contributed by atoms with van der Waals surface area (Å²) in [6.45, 7) is 7.93. The Labute approximate surface area is 231 Å². The molecule has 1 unspecified atom stereocenters. The summed E-state index contributed by atoms with van der Waals surface area (Å²) in [6.07, 6.45) is 16.8. The van der Waals surface area contributed by atoms with E-state index >= 15 is 0 Å². The number of benzene rings is 2. The highest BCUT2D eigenvalue weighted by molar-refractivity contribution is 5.94. The van der Waals surface area contributed by atoms with E-state index in [1.54, 1.807) is 0 Å². The van der Waals surface area contributed by atoms with Crippen LogP contribution >= 0.6 is 0 Å². The number of nitrogens with one attached hydrogen (secondary N) is 1. The summed E-state index contributed by atoms with van der Waals surface area (Å²) in [5.41, 5.74) is 4.68. The lowest BCUT2D eigenvalue weighted by molar-refractivity contribution is 0.205. The number of rotatable bonds is 12. The van der Waals surface area contributed by atoms with Gasteiger partial charge in [0.05, 0.1) is 12.2 Å². The molecular formula is C34H50N2O2. The number of ether oxygens (including phenoxy) is 1. The first-order valence-electron chi connectivity index (χ1n) is 15.6. The van der Waals surface area contributed by atoms with Crippen LogP contribution in [0.1, 0.15) is 116 Å². The molecular weight excluding hydrogens is 468 g/mol. The number of amides is 2. The summed E-state index contributed by atoms with van der Waals surface area (Å²) < 4.78 is 6.19. The first-order valence-corrected chi connectivity index (χ1v) is 15.6. The van der Waals surface area contributed by atoms with Crippen LogP contribution in [-0.4, -0.2) is 25.2 Å². The van der Waals surface area contributed by atoms with E-state index in [4.69, 9.17) is 4.74 Å². The highest BCUT2D eigenvalue weighted by atomic mass is 16.5. The fourth-order valence-electron chi connectivity index (χ4n) is 6.21. The van der Waals surface area contributed by atoms with Gasteiger partial charge in [0.25, 0.3) is 0 Å². The number of nitrogens with zero attached hydrogens (tertiary/aromatic N) is 1. The smallest absolute Gasteiger partial charge is 0.322 e. The second kappa shape index (κ2) is 14.6. The van der Waals surface area contributed by atoms with Crippen molar-refractivity contribution in [3.05, 3.63) is 48.0 Å². The third-order valence-electron chi connectivity index (χ3n) is 8.71. The molecule has 4 nitrogen and oxygen atoms in total. The van der Waals surface area contributed by atoms with Gasteiger partial charge >= 0.3 is 6.03 Å². The van der Waals surface area contributed by atoms with Gasteiger partial charge in [-0.2, -0.15) is 0 Å². The number of hydrogen-bond acceptors (Lipinski definition) is 2. The lowest BCUT2D eigenvalue weighted by Gasteiger charge is -2.33. The number of urea groups is 1. The standard InChI is InChI=1S/C34H50N2O2/c1-4-6-7-8-9-10-11-12-23-35-34(37)36-25-26(3)38-33-24-31(21-22-32(33)36)30-19-17-29(18-20-30)28-15-13-27(5-2)14-16-28/h17-22,24,26-28H,4-16,23,25H2,1-3H3,(H,35,37). The number of carbonyl (C=O) groups excluding carboxylic acids is 1. The molecule has 38 heavy (non-hydrogen) atoms. The fourth-order valence-corrected chi connectivity index (χ4v) is 6.21. The number of anilines is 1. The minimum atomic E-state index is -0.0350. The lowest BCUT2D eigenvalue weighted by Crippen LogP contribution is -2.47. The monoisotopic (exact) mass is 518 g/mol. The lowest BCUT2D eigenvalue weighted by atomic mass is 9.77. The Morgan fingerprint density at radius 3 is 2.21 bits per heavy atom. The zero-order valence-corrected chi connectivity index (χ0v) is 24.1. The molecule has 1 N–H and O–H groups in total. The van der Waals surface area contributed by atoms with Crippen LogP contribution in [0.5, 0.6) is 5.75 Å². The average Bonchev–Trinajstić information content (AvgIpc) is 2.95. The van der Waals surface area contributed by atoms with Crippen LogP contribution in [-0.2, 0) is 0 Å². The van der Waals surface area contributed by atoms with Crippen molar-refractivity contribution in [2.45, 2.75) is 116 Å². The Morgan fingerprint density at radius 2 is 1.53 bits per heavy atom. The van der Waals surface area contributed by atoms with Gasteiger partial charge in [-0.15, -0.1) is 0 Å². The van der Waals surface area contributed by atoms with Crippen LogP contribution in [0.3, 0.4) is 0 Å². The minimum Gasteiger partial charge on any atom is -0.487 e. The van der Waals surface area contributed by atoms with E-state index in [9.17, 15) is 4.79 Å². The summed E-state index contributed by atoms with van der Waals surface area (Å²) in [5.74, 6) is 2.43. The summed E-state index contributed by atoms with van der Waals surface area (Å²) in [6, 6.07) is 15.4. The highest BCUT2D eigenvalue weighted by Crippen LogP contribution is 2.39. The maximum atomic E-state index is 13.1. The van der Waals surface area contributed by atoms with Crippen molar-refractivity contribution in [1.29, 1.82) is 0 Å². The number of hydrogen-bond donors (Lipinski definition) is 1. The van der Waals surface area contributed by atoms with Crippen LogP contribution in [0.2, 0.25) is 0 Å². The molecule has 208 valence electrons. The molecule has 1 aliphatic heterocycles. The Hall–Kier alpha value is -2.49. The van der Waals surface area contributed by atoms with Crippen LogP contribution in [0.4, 0.5) is 10.5 Å². The molecule has 0 saturated heterocycles. The first-order chi connectivity index (χ1) is 18.6. The number of carbonyl (C=O) groups is 1. The minimum absolute atomic E-state index is 0.0146. The largest absolute Gasteiger partial charge is 0.487 e. The third kappa shape index (κ3) is 7.77. The summed E-state index contributed by atoms with van der Waals surface area (Å²) in [7, 11) is 0. The number of unbranched alkanes of at least 4 members (excludes halogenated alkanes) is 7. The molecule has 2 aromatic carbocycles. The fraction of sp³-hybridized carbons (Fsp3) is 0.618. The van der Waals surface area contributed by atoms with E-state index < -0.39 is 0 Å². The molecule has 2 aliphatic rings. The summed E-state index contributed by atoms with van der Waals surface area (Å²) in [4.78, 5) is 14.9. The SMILES string of the molecule is CCCCCCCCCCNC(=O)N1CC(C)Oc2cc(-c3ccc(C4CCC(CC)CC4)cc3)ccc21. The van der Waals surface area contributed by atoms with E-state index in [0.717, 1.165) is 35.9 Å². The molecule has 2 aromatic rings. The average molecular weight is 519 g/mol. The quantitative estimate of drug-likeness (QED) is 0.284. The third-order valence-corrected chi connectivity index (χ3v) is 8.71. The van der Waals surface area contributed by atoms with E-state index in [1.165, 1.54) is 88.2 Å². The Kier molecular flexibility index (Phi) is 11.0. The van der Waals surface area contributed by atoms with Gasteiger partial charge in [0.1, 0.15) is 11.9 Å². The molecule has 1 aliphatic carbocycles. The Balaban J connectivity index is 1.31. The van der Waals surface area contributed by atoms with Gasteiger partial charge in [0.15, 0.2) is 0 Å². The zero-order chi connectivity index (χ0) is 26.7. The highest BCUT2D eigenvalue weighted by Gasteiger charge is 2.28. The molecule has 1 atom stereocenters. The molecule has 0 spiro atoms. The van der Waals surface area contributed by atoms with Gasteiger partial charge in [-0.3, -0.25) is 4.90 Å². The molecule has 2 amide bonds. The molecule has 4 heteroatoms. The van der Waals surface area contributed by atoms with Crippen molar-refractivity contribution in [3.8, 4) is 16.9 Å². The Bertz CT molecular complexity index is 994. The van der Waals surface area contributed by atoms with E-state index in [1.807, 2.05) is 17.9 Å². The van der Waals surface area contributed by atoms with Gasteiger partial charge in [0.2, 0.25) is 0 Å². The van der Waals surface area contributed by atoms with Crippen LogP contribution in [0, 0.1) is 5.92 Å². The Morgan fingerprint density at radius 1 is 0.868 bits per heavy atom. The molecule has 4 rings (SSSR count). The van der Waals surface area contributed by atoms with Crippen molar-refractivity contribution in [2.24, 2.45) is 5.92 Å². The predicted molar refractivity (Wildman–Crippen MR) is 160 cm³/mol. The maximum absolute atomic E-state index is 13.1. The molecule has 0 aromatic heterocycles. The molecule has 0 bridgehead atoms. The van der Waals surface area contributed by atoms with Gasteiger partial charge in [-0.1, -0.05) is 95.5 Å². The van der Waals surface area contributed by atoms with Crippen LogP contribution in [0.15, 0.2) is 42.5 Å². The van der Waals surface area contributed by atoms with Gasteiger partial charge in [-0.25, -0.2) is 4.79 Å². The molecule has 1 saturated carbocycles. The second-order valence-corrected chi connectivity index (χ2v) is 11.7. The van der Waals surface area contributed by atoms with Gasteiger partial charge in [-0.05, 0) is 79.7 Å². The predicted octanol–water partition coefficient (Wildman–Crippen LogP) is 9.47. The van der Waals surface area contributed by atoms with Crippen molar-refractivity contribution < 1.29 is 9.53 Å². The molecule has 0 radical (unpaired) electrons. The second-order valence-electron chi connectivity index (χ2n) is 11.7. The van der Waals surface area contributed by atoms with Gasteiger partial charge in [0, 0.05) is 6.54 Å². The van der Waals surface area contributed by atoms with E-state index in [2.05, 4.69) is 55.6 Å². The summed E-state index contributed by atoms with van der Waals surface area (Å²) >= 11 is 0. The maximum Gasteiger partial charge on any atom is 0.322 e. The van der Waals surface area contributed by atoms with E-state index in [0.29, 0.717) is 12.5 Å². The van der Waals surface area contributed by atoms with Crippen LogP contribution in [0.25, 0.3) is 11.1 Å².